The third kappa shape index (κ3) is 3.18. The lowest BCUT2D eigenvalue weighted by molar-refractivity contribution is -0.279. The molecule has 2 unspecified atom stereocenters. The first-order chi connectivity index (χ1) is 11.3. The Bertz CT molecular complexity index is 624. The molecule has 0 saturated carbocycles. The summed E-state index contributed by atoms with van der Waals surface area (Å²) in [5.41, 5.74) is 2.71. The smallest absolute Gasteiger partial charge is 0.222 e. The summed E-state index contributed by atoms with van der Waals surface area (Å²) in [6.07, 6.45) is 3.17. The molecule has 3 rings (SSSR count). The van der Waals surface area contributed by atoms with Gasteiger partial charge in [-0.15, -0.1) is 0 Å². The van der Waals surface area contributed by atoms with Gasteiger partial charge < -0.3 is 14.6 Å². The second-order valence-corrected chi connectivity index (χ2v) is 5.96. The summed E-state index contributed by atoms with van der Waals surface area (Å²) in [6.45, 7) is 2.79. The van der Waals surface area contributed by atoms with Crippen LogP contribution in [0.3, 0.4) is 0 Å². The maximum Gasteiger partial charge on any atom is 0.222 e. The van der Waals surface area contributed by atoms with Crippen LogP contribution >= 0.6 is 0 Å². The van der Waals surface area contributed by atoms with Gasteiger partial charge in [-0.05, 0) is 18.4 Å². The summed E-state index contributed by atoms with van der Waals surface area (Å²) in [7, 11) is 0. The molecule has 1 heterocycles. The van der Waals surface area contributed by atoms with Gasteiger partial charge in [0.25, 0.3) is 0 Å². The Labute approximate surface area is 137 Å². The van der Waals surface area contributed by atoms with Crippen molar-refractivity contribution in [1.82, 2.24) is 0 Å². The fraction of sp³-hybridized carbons (Fsp3) is 0.400. The Morgan fingerprint density at radius 1 is 1.09 bits per heavy atom. The van der Waals surface area contributed by atoms with E-state index >= 15 is 0 Å². The van der Waals surface area contributed by atoms with Crippen LogP contribution in [-0.2, 0) is 21.9 Å². The normalized spacial score (nSPS) is 24.5. The third-order valence-electron chi connectivity index (χ3n) is 4.38. The quantitative estimate of drug-likeness (QED) is 0.907. The van der Waals surface area contributed by atoms with Gasteiger partial charge in [0.15, 0.2) is 0 Å². The van der Waals surface area contributed by atoms with Crippen molar-refractivity contribution in [3.05, 3.63) is 71.3 Å². The lowest BCUT2D eigenvalue weighted by atomic mass is 9.91. The molecule has 0 aromatic heterocycles. The number of aliphatic hydroxyl groups excluding tert-OH is 1. The average Bonchev–Trinajstić information content (AvgIpc) is 2.63. The second-order valence-electron chi connectivity index (χ2n) is 5.96. The highest BCUT2D eigenvalue weighted by molar-refractivity contribution is 5.39. The molecule has 1 saturated heterocycles. The van der Waals surface area contributed by atoms with Crippen molar-refractivity contribution < 1.29 is 14.6 Å². The van der Waals surface area contributed by atoms with Gasteiger partial charge in [0.1, 0.15) is 0 Å². The fourth-order valence-electron chi connectivity index (χ4n) is 3.27. The maximum absolute atomic E-state index is 9.77. The van der Waals surface area contributed by atoms with Gasteiger partial charge in [-0.1, -0.05) is 67.9 Å². The minimum absolute atomic E-state index is 0.0318. The highest BCUT2D eigenvalue weighted by atomic mass is 16.7. The molecule has 3 heteroatoms. The van der Waals surface area contributed by atoms with Gasteiger partial charge in [-0.2, -0.15) is 0 Å². The molecule has 2 aromatic carbocycles. The van der Waals surface area contributed by atoms with Crippen LogP contribution in [0.5, 0.6) is 0 Å². The van der Waals surface area contributed by atoms with Crippen LogP contribution < -0.4 is 0 Å². The Hall–Kier alpha value is -1.68. The van der Waals surface area contributed by atoms with Crippen LogP contribution in [0, 0.1) is 0 Å². The molecule has 1 aliphatic heterocycles. The Morgan fingerprint density at radius 2 is 1.83 bits per heavy atom. The predicted molar refractivity (Wildman–Crippen MR) is 89.9 cm³/mol. The molecule has 0 bridgehead atoms. The van der Waals surface area contributed by atoms with E-state index in [9.17, 15) is 5.11 Å². The van der Waals surface area contributed by atoms with Crippen molar-refractivity contribution in [1.29, 1.82) is 0 Å². The van der Waals surface area contributed by atoms with Gasteiger partial charge in [0.05, 0.1) is 19.3 Å². The molecular weight excluding hydrogens is 288 g/mol. The molecule has 2 aromatic rings. The zero-order valence-electron chi connectivity index (χ0n) is 13.6. The van der Waals surface area contributed by atoms with E-state index in [4.69, 9.17) is 9.47 Å². The minimum atomic E-state index is -0.932. The largest absolute Gasteiger partial charge is 0.392 e. The molecule has 1 aliphatic rings. The van der Waals surface area contributed by atoms with Crippen LogP contribution in [0.15, 0.2) is 54.6 Å². The lowest BCUT2D eigenvalue weighted by Gasteiger charge is -2.42. The van der Waals surface area contributed by atoms with Crippen LogP contribution in [0.4, 0.5) is 0 Å². The first kappa shape index (κ1) is 16.2. The monoisotopic (exact) mass is 312 g/mol. The zero-order valence-corrected chi connectivity index (χ0v) is 13.6. The van der Waals surface area contributed by atoms with Gasteiger partial charge in [-0.3, -0.25) is 0 Å². The molecule has 0 aliphatic carbocycles. The Morgan fingerprint density at radius 3 is 2.57 bits per heavy atom. The van der Waals surface area contributed by atoms with Gasteiger partial charge in [-0.25, -0.2) is 0 Å². The number of aliphatic hydroxyl groups is 1. The highest BCUT2D eigenvalue weighted by Crippen LogP contribution is 2.41. The minimum Gasteiger partial charge on any atom is -0.392 e. The fourth-order valence-corrected chi connectivity index (χ4v) is 3.27. The molecule has 3 nitrogen and oxygen atoms in total. The van der Waals surface area contributed by atoms with E-state index in [1.165, 1.54) is 0 Å². The topological polar surface area (TPSA) is 38.7 Å². The van der Waals surface area contributed by atoms with E-state index in [1.54, 1.807) is 0 Å². The van der Waals surface area contributed by atoms with Crippen LogP contribution in [0.25, 0.3) is 0 Å². The molecule has 1 N–H and O–H groups in total. The summed E-state index contributed by atoms with van der Waals surface area (Å²) in [6, 6.07) is 17.9. The van der Waals surface area contributed by atoms with Gasteiger partial charge >= 0.3 is 0 Å². The predicted octanol–water partition coefficient (Wildman–Crippen LogP) is 3.99. The van der Waals surface area contributed by atoms with Crippen molar-refractivity contribution in [3.63, 3.8) is 0 Å². The van der Waals surface area contributed by atoms with E-state index in [0.29, 0.717) is 6.61 Å². The van der Waals surface area contributed by atoms with Crippen molar-refractivity contribution in [2.24, 2.45) is 0 Å². The first-order valence-corrected chi connectivity index (χ1v) is 8.36. The Kier molecular flexibility index (Phi) is 5.11. The van der Waals surface area contributed by atoms with Gasteiger partial charge in [0, 0.05) is 11.1 Å². The second kappa shape index (κ2) is 7.26. The number of hydrogen-bond donors (Lipinski definition) is 1. The number of hydrogen-bond acceptors (Lipinski definition) is 3. The standard InChI is InChI=1S/C20H24O3/c1-2-8-18-13-14-22-20(23-18,17-10-4-3-5-11-17)19-12-7-6-9-16(19)15-21/h3-7,9-12,18,21H,2,8,13-15H2,1H3. The summed E-state index contributed by atoms with van der Waals surface area (Å²) < 4.78 is 12.7. The Balaban J connectivity index is 2.10. The summed E-state index contributed by atoms with van der Waals surface area (Å²) in [5.74, 6) is -0.932. The average molecular weight is 312 g/mol. The molecule has 0 spiro atoms. The SMILES string of the molecule is CCCC1CCOC(c2ccccc2)(c2ccccc2CO)O1. The van der Waals surface area contributed by atoms with Crippen molar-refractivity contribution >= 4 is 0 Å². The molecule has 0 radical (unpaired) electrons. The number of ether oxygens (including phenoxy) is 2. The van der Waals surface area contributed by atoms with Crippen molar-refractivity contribution in [2.45, 2.75) is 44.7 Å². The van der Waals surface area contributed by atoms with Crippen LogP contribution in [0.2, 0.25) is 0 Å². The molecular formula is C20H24O3. The highest BCUT2D eigenvalue weighted by Gasteiger charge is 2.43. The molecule has 0 amide bonds. The molecule has 1 fully saturated rings. The van der Waals surface area contributed by atoms with E-state index in [0.717, 1.165) is 36.0 Å². The van der Waals surface area contributed by atoms with E-state index in [1.807, 2.05) is 54.6 Å². The lowest BCUT2D eigenvalue weighted by Crippen LogP contribution is -2.44. The van der Waals surface area contributed by atoms with Crippen molar-refractivity contribution in [2.75, 3.05) is 6.61 Å². The first-order valence-electron chi connectivity index (χ1n) is 8.36. The maximum atomic E-state index is 9.77. The van der Waals surface area contributed by atoms with E-state index in [2.05, 4.69) is 6.92 Å². The zero-order chi connectivity index (χ0) is 16.1. The van der Waals surface area contributed by atoms with Crippen LogP contribution in [0.1, 0.15) is 42.9 Å². The summed E-state index contributed by atoms with van der Waals surface area (Å²) in [5, 5.41) is 9.77. The van der Waals surface area contributed by atoms with E-state index in [-0.39, 0.29) is 12.7 Å². The molecule has 122 valence electrons. The van der Waals surface area contributed by atoms with E-state index < -0.39 is 5.79 Å². The summed E-state index contributed by atoms with van der Waals surface area (Å²) in [4.78, 5) is 0. The molecule has 2 atom stereocenters. The van der Waals surface area contributed by atoms with Gasteiger partial charge in [0.2, 0.25) is 5.79 Å². The third-order valence-corrected chi connectivity index (χ3v) is 4.38. The number of rotatable bonds is 5. The number of benzene rings is 2. The summed E-state index contributed by atoms with van der Waals surface area (Å²) >= 11 is 0. The molecule has 23 heavy (non-hydrogen) atoms. The van der Waals surface area contributed by atoms with Crippen LogP contribution in [-0.4, -0.2) is 17.8 Å². The van der Waals surface area contributed by atoms with Crippen molar-refractivity contribution in [3.8, 4) is 0 Å².